The fourth-order valence-electron chi connectivity index (χ4n) is 2.76. The first kappa shape index (κ1) is 13.7. The number of nitrogens with zero attached hydrogens (tertiary/aromatic N) is 1. The molecule has 1 fully saturated rings. The summed E-state index contributed by atoms with van der Waals surface area (Å²) < 4.78 is 0.984. The number of hydrogen-bond acceptors (Lipinski definition) is 3. The largest absolute Gasteiger partial charge is 0.317 e. The molecule has 2 atom stereocenters. The third-order valence-corrected chi connectivity index (χ3v) is 5.29. The Morgan fingerprint density at radius 2 is 2.09 bits per heavy atom. The Labute approximate surface area is 136 Å². The zero-order valence-corrected chi connectivity index (χ0v) is 13.2. The molecular weight excluding hydrogens is 316 g/mol. The molecule has 1 aromatic carbocycles. The zero-order valence-electron chi connectivity index (χ0n) is 11.6. The number of aromatic nitrogens is 1. The van der Waals surface area contributed by atoms with Gasteiger partial charge in [-0.05, 0) is 24.0 Å². The number of rotatable bonds is 3. The maximum atomic E-state index is 12.4. The summed E-state index contributed by atoms with van der Waals surface area (Å²) in [5, 5.41) is 5.39. The minimum atomic E-state index is 0.0706. The molecule has 2 heterocycles. The fourth-order valence-corrected chi connectivity index (χ4v) is 3.98. The van der Waals surface area contributed by atoms with Crippen LogP contribution < -0.4 is 5.32 Å². The second-order valence-electron chi connectivity index (χ2n) is 5.49. The highest BCUT2D eigenvalue weighted by Crippen LogP contribution is 2.48. The van der Waals surface area contributed by atoms with Crippen molar-refractivity contribution in [2.75, 3.05) is 5.32 Å². The number of amides is 1. The Hall–Kier alpha value is -1.91. The lowest BCUT2D eigenvalue weighted by molar-refractivity contribution is -0.117. The SMILES string of the molecule is O=C(Nc1cc2c(Cl)cncc2s1)[C@@H]1C[C@H]1c1ccccc1. The van der Waals surface area contributed by atoms with Crippen LogP contribution in [0.25, 0.3) is 10.1 Å². The van der Waals surface area contributed by atoms with Gasteiger partial charge in [-0.3, -0.25) is 9.78 Å². The van der Waals surface area contributed by atoms with Crippen molar-refractivity contribution in [1.29, 1.82) is 0 Å². The number of fused-ring (bicyclic) bond motifs is 1. The Balaban J connectivity index is 1.49. The van der Waals surface area contributed by atoms with Gasteiger partial charge in [0.1, 0.15) is 0 Å². The number of benzene rings is 1. The van der Waals surface area contributed by atoms with Gasteiger partial charge in [-0.15, -0.1) is 11.3 Å². The van der Waals surface area contributed by atoms with Gasteiger partial charge >= 0.3 is 0 Å². The molecule has 110 valence electrons. The highest BCUT2D eigenvalue weighted by atomic mass is 35.5. The van der Waals surface area contributed by atoms with Gasteiger partial charge in [-0.25, -0.2) is 0 Å². The van der Waals surface area contributed by atoms with E-state index >= 15 is 0 Å². The van der Waals surface area contributed by atoms with Crippen LogP contribution in [0.5, 0.6) is 0 Å². The number of halogens is 1. The number of hydrogen-bond donors (Lipinski definition) is 1. The molecule has 0 radical (unpaired) electrons. The maximum Gasteiger partial charge on any atom is 0.228 e. The molecule has 1 aliphatic carbocycles. The summed E-state index contributed by atoms with van der Waals surface area (Å²) in [4.78, 5) is 16.4. The van der Waals surface area contributed by atoms with E-state index < -0.39 is 0 Å². The van der Waals surface area contributed by atoms with Crippen LogP contribution in [0.3, 0.4) is 0 Å². The van der Waals surface area contributed by atoms with Crippen molar-refractivity contribution in [3.05, 3.63) is 59.4 Å². The van der Waals surface area contributed by atoms with E-state index in [1.165, 1.54) is 16.9 Å². The minimum Gasteiger partial charge on any atom is -0.317 e. The number of anilines is 1. The Morgan fingerprint density at radius 3 is 2.86 bits per heavy atom. The molecule has 3 aromatic rings. The Kier molecular flexibility index (Phi) is 3.36. The van der Waals surface area contributed by atoms with Crippen molar-refractivity contribution in [2.24, 2.45) is 5.92 Å². The van der Waals surface area contributed by atoms with E-state index in [1.54, 1.807) is 12.4 Å². The van der Waals surface area contributed by atoms with Gasteiger partial charge in [0.25, 0.3) is 0 Å². The monoisotopic (exact) mass is 328 g/mol. The first-order valence-corrected chi connectivity index (χ1v) is 8.30. The lowest BCUT2D eigenvalue weighted by Crippen LogP contribution is -2.13. The van der Waals surface area contributed by atoms with Gasteiger partial charge in [0, 0.05) is 23.7 Å². The van der Waals surface area contributed by atoms with Gasteiger partial charge < -0.3 is 5.32 Å². The van der Waals surface area contributed by atoms with Crippen LogP contribution in [0.15, 0.2) is 48.8 Å². The minimum absolute atomic E-state index is 0.0706. The highest BCUT2D eigenvalue weighted by molar-refractivity contribution is 7.23. The van der Waals surface area contributed by atoms with Crippen LogP contribution in [0.2, 0.25) is 5.02 Å². The van der Waals surface area contributed by atoms with E-state index in [4.69, 9.17) is 11.6 Å². The smallest absolute Gasteiger partial charge is 0.228 e. The van der Waals surface area contributed by atoms with Crippen LogP contribution in [0.4, 0.5) is 5.00 Å². The van der Waals surface area contributed by atoms with E-state index in [1.807, 2.05) is 24.3 Å². The van der Waals surface area contributed by atoms with Crippen LogP contribution >= 0.6 is 22.9 Å². The lowest BCUT2D eigenvalue weighted by Gasteiger charge is -2.02. The van der Waals surface area contributed by atoms with Crippen molar-refractivity contribution in [3.8, 4) is 0 Å². The lowest BCUT2D eigenvalue weighted by atomic mass is 10.1. The molecule has 1 amide bonds. The molecule has 0 spiro atoms. The normalized spacial score (nSPS) is 20.0. The summed E-state index contributed by atoms with van der Waals surface area (Å²) in [7, 11) is 0. The average Bonchev–Trinajstić information content (AvgIpc) is 3.23. The van der Waals surface area contributed by atoms with E-state index in [-0.39, 0.29) is 11.8 Å². The molecule has 1 saturated carbocycles. The quantitative estimate of drug-likeness (QED) is 0.757. The standard InChI is InChI=1S/C17H13ClN2OS/c18-14-8-19-9-15-13(14)7-16(22-15)20-17(21)12-6-11(12)10-4-2-1-3-5-10/h1-5,7-9,11-12H,6H2,(H,20,21)/t11-,12+/m0/s1. The molecule has 5 heteroatoms. The van der Waals surface area contributed by atoms with Crippen molar-refractivity contribution in [2.45, 2.75) is 12.3 Å². The molecule has 1 aliphatic rings. The van der Waals surface area contributed by atoms with E-state index in [0.29, 0.717) is 10.9 Å². The predicted octanol–water partition coefficient (Wildman–Crippen LogP) is 4.69. The highest BCUT2D eigenvalue weighted by Gasteiger charge is 2.43. The number of pyridine rings is 1. The third-order valence-electron chi connectivity index (χ3n) is 4.00. The third kappa shape index (κ3) is 2.49. The second kappa shape index (κ2) is 5.38. The molecule has 0 saturated heterocycles. The molecule has 0 aliphatic heterocycles. The summed E-state index contributed by atoms with van der Waals surface area (Å²) in [6.45, 7) is 0. The van der Waals surface area contributed by atoms with Gasteiger partial charge in [0.2, 0.25) is 5.91 Å². The fraction of sp³-hybridized carbons (Fsp3) is 0.176. The van der Waals surface area contributed by atoms with Gasteiger partial charge in [-0.2, -0.15) is 0 Å². The van der Waals surface area contributed by atoms with Crippen molar-refractivity contribution in [1.82, 2.24) is 4.98 Å². The Bertz CT molecular complexity index is 846. The Morgan fingerprint density at radius 1 is 1.27 bits per heavy atom. The number of carbonyl (C=O) groups is 1. The van der Waals surface area contributed by atoms with Crippen LogP contribution in [0, 0.1) is 5.92 Å². The molecule has 2 aromatic heterocycles. The predicted molar refractivity (Wildman–Crippen MR) is 90.5 cm³/mol. The van der Waals surface area contributed by atoms with E-state index in [0.717, 1.165) is 21.5 Å². The van der Waals surface area contributed by atoms with Crippen molar-refractivity contribution in [3.63, 3.8) is 0 Å². The summed E-state index contributed by atoms with van der Waals surface area (Å²) in [6.07, 6.45) is 4.31. The summed E-state index contributed by atoms with van der Waals surface area (Å²) in [5.74, 6) is 0.506. The second-order valence-corrected chi connectivity index (χ2v) is 6.98. The van der Waals surface area contributed by atoms with E-state index in [9.17, 15) is 4.79 Å². The zero-order chi connectivity index (χ0) is 15.1. The molecule has 0 bridgehead atoms. The molecule has 0 unspecified atom stereocenters. The molecule has 3 nitrogen and oxygen atoms in total. The van der Waals surface area contributed by atoms with Crippen LogP contribution in [-0.2, 0) is 4.79 Å². The molecule has 1 N–H and O–H groups in total. The topological polar surface area (TPSA) is 42.0 Å². The molecule has 4 rings (SSSR count). The van der Waals surface area contributed by atoms with Crippen molar-refractivity contribution >= 4 is 43.9 Å². The van der Waals surface area contributed by atoms with Gasteiger partial charge in [-0.1, -0.05) is 41.9 Å². The first-order chi connectivity index (χ1) is 10.7. The summed E-state index contributed by atoms with van der Waals surface area (Å²) in [5.41, 5.74) is 1.24. The molecular formula is C17H13ClN2OS. The van der Waals surface area contributed by atoms with Crippen molar-refractivity contribution < 1.29 is 4.79 Å². The van der Waals surface area contributed by atoms with Gasteiger partial charge in [0.15, 0.2) is 0 Å². The van der Waals surface area contributed by atoms with Crippen LogP contribution in [-0.4, -0.2) is 10.9 Å². The number of nitrogens with one attached hydrogen (secondary N) is 1. The average molecular weight is 329 g/mol. The molecule has 22 heavy (non-hydrogen) atoms. The van der Waals surface area contributed by atoms with E-state index in [2.05, 4.69) is 22.4 Å². The summed E-state index contributed by atoms with van der Waals surface area (Å²) >= 11 is 7.62. The number of carbonyl (C=O) groups excluding carboxylic acids is 1. The van der Waals surface area contributed by atoms with Gasteiger partial charge in [0.05, 0.1) is 14.7 Å². The first-order valence-electron chi connectivity index (χ1n) is 7.11. The maximum absolute atomic E-state index is 12.4. The summed E-state index contributed by atoms with van der Waals surface area (Å²) in [6, 6.07) is 12.1. The van der Waals surface area contributed by atoms with Crippen LogP contribution in [0.1, 0.15) is 17.9 Å². The number of thiophene rings is 1.